The molecule has 11 nitrogen and oxygen atoms in total. The molecule has 1 fully saturated rings. The summed E-state index contributed by atoms with van der Waals surface area (Å²) < 4.78 is 17.7. The number of esters is 1. The molecule has 1 aliphatic heterocycles. The number of hydrogen-bond donors (Lipinski definition) is 6. The van der Waals surface area contributed by atoms with Crippen LogP contribution in [-0.2, 0) is 23.8 Å². The van der Waals surface area contributed by atoms with Crippen molar-refractivity contribution < 1.29 is 49.3 Å². The van der Waals surface area contributed by atoms with E-state index in [0.717, 1.165) is 83.5 Å². The molecule has 1 aliphatic rings. The quantitative estimate of drug-likeness (QED) is 0.0195. The number of rotatable bonds is 61. The zero-order valence-electron chi connectivity index (χ0n) is 54.5. The monoisotopic (exact) mass is 1180 g/mol. The fraction of sp³-hybridized carbons (Fsp3) is 0.836. The molecule has 0 spiro atoms. The first-order valence-corrected chi connectivity index (χ1v) is 35.6. The Hall–Kier alpha value is -2.64. The highest BCUT2D eigenvalue weighted by Crippen LogP contribution is 2.26. The second kappa shape index (κ2) is 60.6. The summed E-state index contributed by atoms with van der Waals surface area (Å²) in [6, 6.07) is -1.03. The third-order valence-electron chi connectivity index (χ3n) is 16.6. The zero-order valence-corrected chi connectivity index (χ0v) is 54.5. The van der Waals surface area contributed by atoms with E-state index in [9.17, 15) is 35.1 Å². The van der Waals surface area contributed by atoms with Gasteiger partial charge in [0.2, 0.25) is 5.91 Å². The van der Waals surface area contributed by atoms with Crippen LogP contribution >= 0.6 is 0 Å². The Morgan fingerprint density at radius 3 is 1.26 bits per heavy atom. The van der Waals surface area contributed by atoms with Crippen LogP contribution < -0.4 is 5.32 Å². The van der Waals surface area contributed by atoms with Crippen molar-refractivity contribution in [2.24, 2.45) is 0 Å². The Bertz CT molecular complexity index is 1600. The maximum atomic E-state index is 13.5. The highest BCUT2D eigenvalue weighted by atomic mass is 16.7. The Kier molecular flexibility index (Phi) is 57.3. The molecule has 6 N–H and O–H groups in total. The number of nitrogens with one attached hydrogen (secondary N) is 1. The van der Waals surface area contributed by atoms with E-state index in [-0.39, 0.29) is 13.0 Å². The van der Waals surface area contributed by atoms with Gasteiger partial charge in [-0.3, -0.25) is 9.59 Å². The lowest BCUT2D eigenvalue weighted by Crippen LogP contribution is -2.61. The molecule has 0 aliphatic carbocycles. The highest BCUT2D eigenvalue weighted by molar-refractivity contribution is 5.80. The molecule has 1 amide bonds. The molecule has 0 bridgehead atoms. The normalized spacial score (nSPS) is 18.8. The molecule has 490 valence electrons. The van der Waals surface area contributed by atoms with Crippen LogP contribution in [0.15, 0.2) is 60.8 Å². The van der Waals surface area contributed by atoms with Gasteiger partial charge in [-0.15, -0.1) is 0 Å². The summed E-state index contributed by atoms with van der Waals surface area (Å²) in [7, 11) is 0. The van der Waals surface area contributed by atoms with Gasteiger partial charge >= 0.3 is 5.97 Å². The van der Waals surface area contributed by atoms with Crippen molar-refractivity contribution in [3.05, 3.63) is 60.8 Å². The van der Waals surface area contributed by atoms with Crippen molar-refractivity contribution in [3.63, 3.8) is 0 Å². The Labute approximate surface area is 516 Å². The lowest BCUT2D eigenvalue weighted by molar-refractivity contribution is -0.305. The summed E-state index contributed by atoms with van der Waals surface area (Å²) in [5, 5.41) is 57.2. The molecule has 0 saturated carbocycles. The molecule has 84 heavy (non-hydrogen) atoms. The van der Waals surface area contributed by atoms with Gasteiger partial charge in [0.15, 0.2) is 12.4 Å². The van der Waals surface area contributed by atoms with Gasteiger partial charge < -0.3 is 45.1 Å². The fourth-order valence-electron chi connectivity index (χ4n) is 11.0. The van der Waals surface area contributed by atoms with Crippen LogP contribution in [-0.4, -0.2) is 99.6 Å². The van der Waals surface area contributed by atoms with E-state index in [1.165, 1.54) is 199 Å². The number of carbonyl (C=O) groups is 2. The van der Waals surface area contributed by atoms with Crippen molar-refractivity contribution in [3.8, 4) is 0 Å². The lowest BCUT2D eigenvalue weighted by Gasteiger charge is -2.41. The minimum absolute atomic E-state index is 0.115. The highest BCUT2D eigenvalue weighted by Gasteiger charge is 2.47. The van der Waals surface area contributed by atoms with Gasteiger partial charge in [0.1, 0.15) is 24.4 Å². The molecule has 0 aromatic rings. The number of aliphatic hydroxyl groups excluding tert-OH is 5. The summed E-state index contributed by atoms with van der Waals surface area (Å²) in [6.45, 7) is 5.79. The Morgan fingerprint density at radius 2 is 0.821 bits per heavy atom. The topological polar surface area (TPSA) is 175 Å². The Morgan fingerprint density at radius 1 is 0.464 bits per heavy atom. The average molecular weight is 1180 g/mol. The third kappa shape index (κ3) is 47.4. The zero-order chi connectivity index (χ0) is 61.0. The van der Waals surface area contributed by atoms with Gasteiger partial charge in [-0.25, -0.2) is 0 Å². The average Bonchev–Trinajstić information content (AvgIpc) is 3.69. The summed E-state index contributed by atoms with van der Waals surface area (Å²) in [4.78, 5) is 26.7. The van der Waals surface area contributed by atoms with E-state index >= 15 is 0 Å². The minimum Gasteiger partial charge on any atom is -0.454 e. The van der Waals surface area contributed by atoms with Crippen LogP contribution in [0.3, 0.4) is 0 Å². The van der Waals surface area contributed by atoms with Crippen LogP contribution in [0, 0.1) is 0 Å². The van der Waals surface area contributed by atoms with Crippen molar-refractivity contribution in [2.45, 2.75) is 378 Å². The van der Waals surface area contributed by atoms with Crippen LogP contribution in [0.5, 0.6) is 0 Å². The van der Waals surface area contributed by atoms with Crippen LogP contribution in [0.4, 0.5) is 0 Å². The predicted molar refractivity (Wildman–Crippen MR) is 352 cm³/mol. The summed E-state index contributed by atoms with van der Waals surface area (Å²) in [5.41, 5.74) is 0. The van der Waals surface area contributed by atoms with E-state index < -0.39 is 67.4 Å². The predicted octanol–water partition coefficient (Wildman–Crippen LogP) is 18.1. The number of ether oxygens (including phenoxy) is 3. The number of carbonyl (C=O) groups excluding carboxylic acids is 2. The van der Waals surface area contributed by atoms with Crippen LogP contribution in [0.2, 0.25) is 0 Å². The van der Waals surface area contributed by atoms with Gasteiger partial charge in [0, 0.05) is 6.42 Å². The fourth-order valence-corrected chi connectivity index (χ4v) is 11.0. The molecular weight excluding hydrogens is 1050 g/mol. The molecule has 1 saturated heterocycles. The smallest absolute Gasteiger partial charge is 0.306 e. The van der Waals surface area contributed by atoms with Gasteiger partial charge in [0.25, 0.3) is 0 Å². The number of hydrogen-bond acceptors (Lipinski definition) is 10. The first-order valence-electron chi connectivity index (χ1n) is 35.6. The van der Waals surface area contributed by atoms with E-state index in [1.807, 2.05) is 6.08 Å². The molecule has 0 radical (unpaired) electrons. The molecule has 1 rings (SSSR count). The maximum absolute atomic E-state index is 13.5. The number of unbranched alkanes of at least 4 members (excludes halogenated alkanes) is 39. The first kappa shape index (κ1) is 79.4. The number of allylic oxidation sites excluding steroid dienone is 9. The SMILES string of the molecule is CCCCC/C=C\C/C=C\C/C=C\CCCCCCCCCCC(=O)OC1C(OCC(NC(=O)C(O)CCCCCCCCCCCCCC/C=C/CCCCCCCC)C(O)/C=C/CCCCCCCCCCCC)OC(CO)C(O)C1O. The Balaban J connectivity index is 2.59. The van der Waals surface area contributed by atoms with E-state index in [1.54, 1.807) is 6.08 Å². The standard InChI is InChI=1S/C73H133NO10/c1-4-7-10-13-16-19-22-25-27-29-31-33-35-36-38-40-42-45-48-51-54-57-60-66(77)72(81)74-64(65(76)59-56-53-50-47-44-24-21-18-15-12-9-6-3)63-82-73-71(70(80)69(79)67(62-75)83-73)84-68(78)61-58-55-52-49-46-43-41-39-37-34-32-30-28-26-23-20-17-14-11-8-5-2/h17,20,25-28,32,34,56,59,64-67,69-71,73,75-77,79-80H,4-16,18-19,21-24,29-31,33,35-55,57-58,60-63H2,1-3H3,(H,74,81)/b20-17-,27-25+,28-26-,34-32-,59-56+. The second-order valence-corrected chi connectivity index (χ2v) is 24.6. The number of aliphatic hydroxyl groups is 5. The van der Waals surface area contributed by atoms with Gasteiger partial charge in [-0.1, -0.05) is 293 Å². The molecular formula is C73H133NO10. The molecule has 0 aromatic carbocycles. The first-order chi connectivity index (χ1) is 41.2. The van der Waals surface area contributed by atoms with Crippen molar-refractivity contribution in [1.82, 2.24) is 5.32 Å². The molecule has 8 unspecified atom stereocenters. The molecule has 0 aromatic heterocycles. The van der Waals surface area contributed by atoms with Gasteiger partial charge in [0.05, 0.1) is 25.4 Å². The van der Waals surface area contributed by atoms with Crippen molar-refractivity contribution in [2.75, 3.05) is 13.2 Å². The van der Waals surface area contributed by atoms with E-state index in [4.69, 9.17) is 14.2 Å². The lowest BCUT2D eigenvalue weighted by atomic mass is 9.99. The summed E-state index contributed by atoms with van der Waals surface area (Å²) in [6.07, 6.45) is 66.8. The van der Waals surface area contributed by atoms with Crippen molar-refractivity contribution in [1.29, 1.82) is 0 Å². The summed E-state index contributed by atoms with van der Waals surface area (Å²) >= 11 is 0. The van der Waals surface area contributed by atoms with Gasteiger partial charge in [-0.2, -0.15) is 0 Å². The van der Waals surface area contributed by atoms with Crippen LogP contribution in [0.1, 0.15) is 329 Å². The summed E-state index contributed by atoms with van der Waals surface area (Å²) in [5.74, 6) is -1.19. The molecule has 8 atom stereocenters. The minimum atomic E-state index is -1.62. The maximum Gasteiger partial charge on any atom is 0.306 e. The van der Waals surface area contributed by atoms with E-state index in [0.29, 0.717) is 19.3 Å². The van der Waals surface area contributed by atoms with Gasteiger partial charge in [-0.05, 0) is 89.9 Å². The molecule has 1 heterocycles. The largest absolute Gasteiger partial charge is 0.454 e. The van der Waals surface area contributed by atoms with E-state index in [2.05, 4.69) is 74.7 Å². The molecule has 11 heteroatoms. The third-order valence-corrected chi connectivity index (χ3v) is 16.6. The van der Waals surface area contributed by atoms with Crippen molar-refractivity contribution >= 4 is 11.9 Å². The second-order valence-electron chi connectivity index (χ2n) is 24.6. The van der Waals surface area contributed by atoms with Crippen LogP contribution in [0.25, 0.3) is 0 Å². The number of amides is 1.